The van der Waals surface area contributed by atoms with Crippen LogP contribution in [-0.4, -0.2) is 25.5 Å². The number of rotatable bonds is 3. The molecule has 0 saturated carbocycles. The van der Waals surface area contributed by atoms with E-state index in [2.05, 4.69) is 31.9 Å². The van der Waals surface area contributed by atoms with Crippen LogP contribution in [0.15, 0.2) is 22.7 Å². The molecule has 0 unspecified atom stereocenters. The highest BCUT2D eigenvalue weighted by Crippen LogP contribution is 2.19. The smallest absolute Gasteiger partial charge is 0.321 e. The van der Waals surface area contributed by atoms with Crippen LogP contribution in [0, 0.1) is 6.92 Å². The molecule has 0 aliphatic rings. The van der Waals surface area contributed by atoms with Gasteiger partial charge in [-0.05, 0) is 30.7 Å². The molecule has 6 heteroatoms. The molecule has 1 aromatic carbocycles. The van der Waals surface area contributed by atoms with Crippen molar-refractivity contribution in [1.82, 2.24) is 10.6 Å². The highest BCUT2D eigenvalue weighted by molar-refractivity contribution is 9.10. The molecule has 0 bridgehead atoms. The SMILES string of the molecule is CNC(=O)NC(=O)CNc1ccc(Br)c(C)c1. The quantitative estimate of drug-likeness (QED) is 0.794. The molecule has 1 aromatic rings. The summed E-state index contributed by atoms with van der Waals surface area (Å²) >= 11 is 3.39. The zero-order valence-electron chi connectivity index (χ0n) is 9.63. The zero-order chi connectivity index (χ0) is 12.8. The van der Waals surface area contributed by atoms with E-state index in [1.807, 2.05) is 25.1 Å². The lowest BCUT2D eigenvalue weighted by molar-refractivity contribution is -0.118. The van der Waals surface area contributed by atoms with Gasteiger partial charge in [0.15, 0.2) is 0 Å². The van der Waals surface area contributed by atoms with E-state index in [1.54, 1.807) is 0 Å². The number of hydrogen-bond acceptors (Lipinski definition) is 3. The number of carbonyl (C=O) groups is 2. The zero-order valence-corrected chi connectivity index (χ0v) is 11.2. The maximum atomic E-state index is 11.3. The Labute approximate surface area is 108 Å². The molecule has 0 radical (unpaired) electrons. The normalized spacial score (nSPS) is 9.59. The summed E-state index contributed by atoms with van der Waals surface area (Å²) < 4.78 is 1.01. The minimum atomic E-state index is -0.510. The molecule has 3 amide bonds. The summed E-state index contributed by atoms with van der Waals surface area (Å²) in [6, 6.07) is 5.15. The number of anilines is 1. The predicted octanol–water partition coefficient (Wildman–Crippen LogP) is 1.63. The van der Waals surface area contributed by atoms with Gasteiger partial charge in [-0.1, -0.05) is 15.9 Å². The van der Waals surface area contributed by atoms with Gasteiger partial charge in [0, 0.05) is 17.2 Å². The Balaban J connectivity index is 2.47. The first kappa shape index (κ1) is 13.5. The summed E-state index contributed by atoms with van der Waals surface area (Å²) in [7, 11) is 1.45. The maximum Gasteiger partial charge on any atom is 0.321 e. The summed E-state index contributed by atoms with van der Waals surface area (Å²) in [4.78, 5) is 22.1. The van der Waals surface area contributed by atoms with E-state index in [4.69, 9.17) is 0 Å². The Hall–Kier alpha value is -1.56. The highest BCUT2D eigenvalue weighted by atomic mass is 79.9. The van der Waals surface area contributed by atoms with Crippen molar-refractivity contribution in [3.63, 3.8) is 0 Å². The largest absolute Gasteiger partial charge is 0.376 e. The number of urea groups is 1. The Morgan fingerprint density at radius 1 is 1.35 bits per heavy atom. The fourth-order valence-corrected chi connectivity index (χ4v) is 1.42. The van der Waals surface area contributed by atoms with Gasteiger partial charge < -0.3 is 10.6 Å². The number of imide groups is 1. The van der Waals surface area contributed by atoms with Crippen LogP contribution in [0.3, 0.4) is 0 Å². The van der Waals surface area contributed by atoms with E-state index in [0.717, 1.165) is 15.7 Å². The van der Waals surface area contributed by atoms with E-state index in [0.29, 0.717) is 0 Å². The van der Waals surface area contributed by atoms with Gasteiger partial charge >= 0.3 is 6.03 Å². The first-order valence-corrected chi connectivity index (χ1v) is 5.84. The second kappa shape index (κ2) is 6.24. The molecule has 0 heterocycles. The summed E-state index contributed by atoms with van der Waals surface area (Å²) in [5, 5.41) is 7.40. The summed E-state index contributed by atoms with van der Waals surface area (Å²) in [5.74, 6) is -0.384. The van der Waals surface area contributed by atoms with Gasteiger partial charge in [0.1, 0.15) is 0 Å². The number of benzene rings is 1. The highest BCUT2D eigenvalue weighted by Gasteiger charge is 2.05. The molecule has 0 spiro atoms. The maximum absolute atomic E-state index is 11.3. The Morgan fingerprint density at radius 3 is 2.65 bits per heavy atom. The Kier molecular flexibility index (Phi) is 4.96. The number of carbonyl (C=O) groups excluding carboxylic acids is 2. The monoisotopic (exact) mass is 299 g/mol. The second-order valence-electron chi connectivity index (χ2n) is 3.44. The molecule has 1 rings (SSSR count). The van der Waals surface area contributed by atoms with Crippen molar-refractivity contribution in [2.24, 2.45) is 0 Å². The van der Waals surface area contributed by atoms with Crippen LogP contribution in [0.4, 0.5) is 10.5 Å². The van der Waals surface area contributed by atoms with Crippen molar-refractivity contribution in [2.75, 3.05) is 18.9 Å². The molecule has 0 aromatic heterocycles. The predicted molar refractivity (Wildman–Crippen MR) is 70.0 cm³/mol. The van der Waals surface area contributed by atoms with Crippen molar-refractivity contribution in [2.45, 2.75) is 6.92 Å². The molecular formula is C11H14BrN3O2. The summed E-state index contributed by atoms with van der Waals surface area (Å²) in [6.07, 6.45) is 0. The molecule has 17 heavy (non-hydrogen) atoms. The van der Waals surface area contributed by atoms with Crippen molar-refractivity contribution in [3.8, 4) is 0 Å². The van der Waals surface area contributed by atoms with E-state index < -0.39 is 6.03 Å². The third kappa shape index (κ3) is 4.44. The third-order valence-electron chi connectivity index (χ3n) is 2.09. The molecule has 3 N–H and O–H groups in total. The molecular weight excluding hydrogens is 286 g/mol. The number of halogens is 1. The van der Waals surface area contributed by atoms with Gasteiger partial charge in [-0.3, -0.25) is 10.1 Å². The fourth-order valence-electron chi connectivity index (χ4n) is 1.17. The minimum absolute atomic E-state index is 0.0501. The first-order valence-electron chi connectivity index (χ1n) is 5.04. The Morgan fingerprint density at radius 2 is 2.06 bits per heavy atom. The van der Waals surface area contributed by atoms with Gasteiger partial charge in [0.05, 0.1) is 6.54 Å². The molecule has 0 saturated heterocycles. The van der Waals surface area contributed by atoms with Crippen LogP contribution in [0.1, 0.15) is 5.56 Å². The van der Waals surface area contributed by atoms with Crippen LogP contribution < -0.4 is 16.0 Å². The minimum Gasteiger partial charge on any atom is -0.376 e. The van der Waals surface area contributed by atoms with E-state index in [9.17, 15) is 9.59 Å². The van der Waals surface area contributed by atoms with Gasteiger partial charge in [0.25, 0.3) is 0 Å². The van der Waals surface area contributed by atoms with Gasteiger partial charge in [-0.15, -0.1) is 0 Å². The van der Waals surface area contributed by atoms with Crippen molar-refractivity contribution in [1.29, 1.82) is 0 Å². The van der Waals surface area contributed by atoms with Crippen molar-refractivity contribution in [3.05, 3.63) is 28.2 Å². The third-order valence-corrected chi connectivity index (χ3v) is 2.98. The molecule has 5 nitrogen and oxygen atoms in total. The number of hydrogen-bond donors (Lipinski definition) is 3. The van der Waals surface area contributed by atoms with E-state index >= 15 is 0 Å². The molecule has 0 fully saturated rings. The lowest BCUT2D eigenvalue weighted by atomic mass is 10.2. The molecule has 92 valence electrons. The standard InChI is InChI=1S/C11H14BrN3O2/c1-7-5-8(3-4-9(7)12)14-6-10(16)15-11(17)13-2/h3-5,14H,6H2,1-2H3,(H2,13,15,16,17). The van der Waals surface area contributed by atoms with Gasteiger partial charge in [0.2, 0.25) is 5.91 Å². The molecule has 0 aliphatic heterocycles. The average Bonchev–Trinajstić information content (AvgIpc) is 2.30. The van der Waals surface area contributed by atoms with Crippen LogP contribution in [0.2, 0.25) is 0 Å². The number of nitrogens with one attached hydrogen (secondary N) is 3. The number of aryl methyl sites for hydroxylation is 1. The molecule has 0 aliphatic carbocycles. The fraction of sp³-hybridized carbons (Fsp3) is 0.273. The lowest BCUT2D eigenvalue weighted by Crippen LogP contribution is -2.40. The van der Waals surface area contributed by atoms with Gasteiger partial charge in [-0.25, -0.2) is 4.79 Å². The summed E-state index contributed by atoms with van der Waals surface area (Å²) in [6.45, 7) is 2.01. The topological polar surface area (TPSA) is 70.2 Å². The second-order valence-corrected chi connectivity index (χ2v) is 4.30. The Bertz CT molecular complexity index is 435. The van der Waals surface area contributed by atoms with Crippen LogP contribution in [0.25, 0.3) is 0 Å². The summed E-state index contributed by atoms with van der Waals surface area (Å²) in [5.41, 5.74) is 1.90. The lowest BCUT2D eigenvalue weighted by Gasteiger charge is -2.08. The first-order chi connectivity index (χ1) is 8.02. The van der Waals surface area contributed by atoms with E-state index in [1.165, 1.54) is 7.05 Å². The molecule has 0 atom stereocenters. The average molecular weight is 300 g/mol. The van der Waals surface area contributed by atoms with Crippen LogP contribution in [0.5, 0.6) is 0 Å². The van der Waals surface area contributed by atoms with Crippen molar-refractivity contribution < 1.29 is 9.59 Å². The van der Waals surface area contributed by atoms with Crippen LogP contribution in [-0.2, 0) is 4.79 Å². The number of amides is 3. The van der Waals surface area contributed by atoms with E-state index in [-0.39, 0.29) is 12.5 Å². The van der Waals surface area contributed by atoms with Gasteiger partial charge in [-0.2, -0.15) is 0 Å². The van der Waals surface area contributed by atoms with Crippen molar-refractivity contribution >= 4 is 33.6 Å². The van der Waals surface area contributed by atoms with Crippen LogP contribution >= 0.6 is 15.9 Å².